The Kier molecular flexibility index (Phi) is 7.04. The zero-order chi connectivity index (χ0) is 22.5. The Hall–Kier alpha value is -3.56. The smallest absolute Gasteiger partial charge is 0.416 e. The Morgan fingerprint density at radius 1 is 1.00 bits per heavy atom. The van der Waals surface area contributed by atoms with Crippen molar-refractivity contribution < 1.29 is 32.3 Å². The van der Waals surface area contributed by atoms with Gasteiger partial charge < -0.3 is 20.3 Å². The van der Waals surface area contributed by atoms with Gasteiger partial charge in [-0.05, 0) is 36.4 Å². The fourth-order valence-corrected chi connectivity index (χ4v) is 2.32. The van der Waals surface area contributed by atoms with Crippen molar-refractivity contribution in [3.8, 4) is 5.75 Å². The van der Waals surface area contributed by atoms with Crippen molar-refractivity contribution in [1.29, 1.82) is 0 Å². The quantitative estimate of drug-likeness (QED) is 0.746. The van der Waals surface area contributed by atoms with Crippen molar-refractivity contribution in [1.82, 2.24) is 4.90 Å². The molecular formula is C20H20F3N3O4. The van der Waals surface area contributed by atoms with E-state index in [1.165, 1.54) is 36.1 Å². The van der Waals surface area contributed by atoms with Crippen LogP contribution in [0.2, 0.25) is 0 Å². The zero-order valence-corrected chi connectivity index (χ0v) is 16.5. The van der Waals surface area contributed by atoms with Gasteiger partial charge in [-0.3, -0.25) is 14.4 Å². The first kappa shape index (κ1) is 22.7. The van der Waals surface area contributed by atoms with Crippen LogP contribution < -0.4 is 15.4 Å². The highest BCUT2D eigenvalue weighted by Crippen LogP contribution is 2.34. The van der Waals surface area contributed by atoms with E-state index in [4.69, 9.17) is 4.74 Å². The summed E-state index contributed by atoms with van der Waals surface area (Å²) >= 11 is 0. The van der Waals surface area contributed by atoms with Crippen molar-refractivity contribution in [2.75, 3.05) is 31.3 Å². The number of carbonyl (C=O) groups is 3. The third-order valence-corrected chi connectivity index (χ3v) is 3.86. The number of anilines is 2. The van der Waals surface area contributed by atoms with Gasteiger partial charge in [-0.1, -0.05) is 6.07 Å². The van der Waals surface area contributed by atoms with Crippen molar-refractivity contribution in [2.45, 2.75) is 13.1 Å². The van der Waals surface area contributed by atoms with Crippen LogP contribution in [0.5, 0.6) is 5.75 Å². The van der Waals surface area contributed by atoms with Gasteiger partial charge in [-0.2, -0.15) is 13.2 Å². The molecule has 0 aliphatic heterocycles. The minimum atomic E-state index is -4.62. The van der Waals surface area contributed by atoms with Crippen LogP contribution in [0.15, 0.2) is 42.5 Å². The van der Waals surface area contributed by atoms with Gasteiger partial charge in [0.25, 0.3) is 11.8 Å². The number of alkyl halides is 3. The summed E-state index contributed by atoms with van der Waals surface area (Å²) in [6.07, 6.45) is -4.62. The minimum Gasteiger partial charge on any atom is -0.484 e. The van der Waals surface area contributed by atoms with Crippen LogP contribution in [0, 0.1) is 0 Å². The Morgan fingerprint density at radius 2 is 1.70 bits per heavy atom. The Balaban J connectivity index is 2.25. The first-order valence-electron chi connectivity index (χ1n) is 8.70. The molecule has 0 aliphatic rings. The van der Waals surface area contributed by atoms with Crippen LogP contribution in [-0.4, -0.2) is 43.3 Å². The summed E-state index contributed by atoms with van der Waals surface area (Å²) in [5, 5.41) is 4.75. The molecule has 2 aromatic rings. The number of amides is 3. The van der Waals surface area contributed by atoms with Crippen molar-refractivity contribution in [3.05, 3.63) is 53.6 Å². The first-order valence-corrected chi connectivity index (χ1v) is 8.70. The van der Waals surface area contributed by atoms with E-state index in [9.17, 15) is 27.6 Å². The molecule has 0 spiro atoms. The maximum atomic E-state index is 13.0. The van der Waals surface area contributed by atoms with E-state index < -0.39 is 23.6 Å². The molecule has 0 aliphatic carbocycles. The lowest BCUT2D eigenvalue weighted by atomic mass is 10.1. The number of ether oxygens (including phenoxy) is 1. The van der Waals surface area contributed by atoms with Gasteiger partial charge in [-0.25, -0.2) is 0 Å². The number of hydrogen-bond acceptors (Lipinski definition) is 4. The maximum absolute atomic E-state index is 13.0. The monoisotopic (exact) mass is 423 g/mol. The number of carbonyl (C=O) groups excluding carboxylic acids is 3. The summed E-state index contributed by atoms with van der Waals surface area (Å²) in [4.78, 5) is 36.9. The molecule has 0 fully saturated rings. The topological polar surface area (TPSA) is 87.7 Å². The van der Waals surface area contributed by atoms with Crippen LogP contribution >= 0.6 is 0 Å². The number of likely N-dealkylation sites (N-methyl/N-ethyl adjacent to an activating group) is 1. The predicted molar refractivity (Wildman–Crippen MR) is 104 cm³/mol. The molecule has 2 rings (SSSR count). The number of nitrogens with zero attached hydrogens (tertiary/aromatic N) is 1. The molecule has 0 saturated heterocycles. The van der Waals surface area contributed by atoms with Crippen molar-refractivity contribution >= 4 is 29.1 Å². The highest BCUT2D eigenvalue weighted by atomic mass is 19.4. The molecule has 2 aromatic carbocycles. The number of nitrogens with one attached hydrogen (secondary N) is 2. The fraction of sp³-hybridized carbons (Fsp3) is 0.250. The standard InChI is InChI=1S/C20H20F3N3O4/c1-12(27)24-16-8-7-14(20(21,22)23)10-17(16)25-19(29)13-5-4-6-15(9-13)30-11-18(28)26(2)3/h4-10H,11H2,1-3H3,(H,24,27)(H,25,29). The zero-order valence-electron chi connectivity index (χ0n) is 16.5. The molecule has 7 nitrogen and oxygen atoms in total. The lowest BCUT2D eigenvalue weighted by Gasteiger charge is -2.15. The van der Waals surface area contributed by atoms with Gasteiger partial charge >= 0.3 is 6.18 Å². The molecule has 0 unspecified atom stereocenters. The van der Waals surface area contributed by atoms with Crippen LogP contribution in [0.3, 0.4) is 0 Å². The number of hydrogen-bond donors (Lipinski definition) is 2. The maximum Gasteiger partial charge on any atom is 0.416 e. The summed E-state index contributed by atoms with van der Waals surface area (Å²) in [5.41, 5.74) is -1.07. The first-order chi connectivity index (χ1) is 14.0. The molecule has 10 heteroatoms. The molecule has 0 saturated carbocycles. The third-order valence-electron chi connectivity index (χ3n) is 3.86. The van der Waals surface area contributed by atoms with Crippen LogP contribution in [0.4, 0.5) is 24.5 Å². The summed E-state index contributed by atoms with van der Waals surface area (Å²) in [5.74, 6) is -1.27. The summed E-state index contributed by atoms with van der Waals surface area (Å²) in [7, 11) is 3.13. The van der Waals surface area contributed by atoms with E-state index in [1.807, 2.05) is 0 Å². The number of benzene rings is 2. The molecule has 3 amide bonds. The molecule has 30 heavy (non-hydrogen) atoms. The predicted octanol–water partition coefficient (Wildman–Crippen LogP) is 3.38. The van der Waals surface area contributed by atoms with Gasteiger partial charge in [0.1, 0.15) is 5.75 Å². The molecule has 0 aromatic heterocycles. The van der Waals surface area contributed by atoms with E-state index in [1.54, 1.807) is 14.1 Å². The molecule has 0 radical (unpaired) electrons. The van der Waals surface area contributed by atoms with E-state index >= 15 is 0 Å². The summed E-state index contributed by atoms with van der Waals surface area (Å²) in [6, 6.07) is 8.42. The van der Waals surface area contributed by atoms with E-state index in [0.29, 0.717) is 0 Å². The lowest BCUT2D eigenvalue weighted by Crippen LogP contribution is -2.27. The second kappa shape index (κ2) is 9.29. The number of rotatable bonds is 6. The SMILES string of the molecule is CC(=O)Nc1ccc(C(F)(F)F)cc1NC(=O)c1cccc(OCC(=O)N(C)C)c1. The van der Waals surface area contributed by atoms with Gasteiger partial charge in [-0.15, -0.1) is 0 Å². The van der Waals surface area contributed by atoms with E-state index in [0.717, 1.165) is 18.2 Å². The Labute approximate surface area is 170 Å². The Morgan fingerprint density at radius 3 is 2.30 bits per heavy atom. The molecule has 2 N–H and O–H groups in total. The summed E-state index contributed by atoms with van der Waals surface area (Å²) in [6.45, 7) is 0.956. The fourth-order valence-electron chi connectivity index (χ4n) is 2.32. The Bertz CT molecular complexity index is 959. The summed E-state index contributed by atoms with van der Waals surface area (Å²) < 4.78 is 44.4. The van der Waals surface area contributed by atoms with Crippen LogP contribution in [0.25, 0.3) is 0 Å². The normalized spacial score (nSPS) is 10.9. The van der Waals surface area contributed by atoms with E-state index in [-0.39, 0.29) is 35.2 Å². The van der Waals surface area contributed by atoms with Gasteiger partial charge in [0.15, 0.2) is 6.61 Å². The molecule has 0 atom stereocenters. The van der Waals surface area contributed by atoms with Crippen molar-refractivity contribution in [3.63, 3.8) is 0 Å². The second-order valence-corrected chi connectivity index (χ2v) is 6.50. The lowest BCUT2D eigenvalue weighted by molar-refractivity contribution is -0.137. The average Bonchev–Trinajstić information content (AvgIpc) is 2.66. The van der Waals surface area contributed by atoms with Gasteiger partial charge in [0, 0.05) is 26.6 Å². The molecule has 0 heterocycles. The third kappa shape index (κ3) is 6.23. The highest BCUT2D eigenvalue weighted by molar-refractivity contribution is 6.07. The van der Waals surface area contributed by atoms with Crippen molar-refractivity contribution in [2.24, 2.45) is 0 Å². The van der Waals surface area contributed by atoms with Crippen LogP contribution in [-0.2, 0) is 15.8 Å². The number of halogens is 3. The largest absolute Gasteiger partial charge is 0.484 e. The average molecular weight is 423 g/mol. The second-order valence-electron chi connectivity index (χ2n) is 6.50. The highest BCUT2D eigenvalue weighted by Gasteiger charge is 2.31. The van der Waals surface area contributed by atoms with Gasteiger partial charge in [0.05, 0.1) is 16.9 Å². The van der Waals surface area contributed by atoms with Crippen LogP contribution in [0.1, 0.15) is 22.8 Å². The molecule has 160 valence electrons. The molecular weight excluding hydrogens is 403 g/mol. The molecule has 0 bridgehead atoms. The van der Waals surface area contributed by atoms with E-state index in [2.05, 4.69) is 10.6 Å². The van der Waals surface area contributed by atoms with Gasteiger partial charge in [0.2, 0.25) is 5.91 Å². The minimum absolute atomic E-state index is 0.0211.